The number of H-pyrrole nitrogens is 1. The van der Waals surface area contributed by atoms with E-state index in [0.29, 0.717) is 6.42 Å². The highest BCUT2D eigenvalue weighted by Crippen LogP contribution is 2.43. The van der Waals surface area contributed by atoms with Crippen molar-refractivity contribution in [2.24, 2.45) is 0 Å². The van der Waals surface area contributed by atoms with Crippen molar-refractivity contribution in [1.29, 1.82) is 0 Å². The molecule has 3 aromatic rings. The van der Waals surface area contributed by atoms with Gasteiger partial charge in [0, 0.05) is 34.0 Å². The minimum Gasteiger partial charge on any atom is -0.354 e. The fourth-order valence-electron chi connectivity index (χ4n) is 4.09. The number of fused-ring (bicyclic) bond motifs is 1. The first-order chi connectivity index (χ1) is 12.6. The number of aromatic amines is 1. The van der Waals surface area contributed by atoms with Crippen LogP contribution in [-0.4, -0.2) is 21.8 Å². The molecule has 2 unspecified atom stereocenters. The molecule has 1 saturated heterocycles. The largest absolute Gasteiger partial charge is 0.354 e. The molecular formula is C22H23ClN2O. The predicted octanol–water partition coefficient (Wildman–Crippen LogP) is 5.95. The lowest BCUT2D eigenvalue weighted by Crippen LogP contribution is -2.35. The van der Waals surface area contributed by atoms with Crippen molar-refractivity contribution in [3.05, 3.63) is 59.1 Å². The molecule has 2 atom stereocenters. The minimum absolute atomic E-state index is 0.110. The van der Waals surface area contributed by atoms with Crippen LogP contribution in [0.1, 0.15) is 44.7 Å². The van der Waals surface area contributed by atoms with Gasteiger partial charge in [0.1, 0.15) is 0 Å². The van der Waals surface area contributed by atoms with Crippen molar-refractivity contribution >= 4 is 28.4 Å². The van der Waals surface area contributed by atoms with Crippen molar-refractivity contribution < 1.29 is 4.79 Å². The summed E-state index contributed by atoms with van der Waals surface area (Å²) in [6.45, 7) is 4.29. The Morgan fingerprint density at radius 2 is 1.92 bits per heavy atom. The third-order valence-electron chi connectivity index (χ3n) is 5.53. The van der Waals surface area contributed by atoms with E-state index in [1.807, 2.05) is 30.3 Å². The Morgan fingerprint density at radius 1 is 1.19 bits per heavy atom. The zero-order valence-electron chi connectivity index (χ0n) is 15.1. The highest BCUT2D eigenvalue weighted by atomic mass is 35.5. The highest BCUT2D eigenvalue weighted by molar-refractivity contribution is 6.30. The summed E-state index contributed by atoms with van der Waals surface area (Å²) in [5.41, 5.74) is 4.53. The van der Waals surface area contributed by atoms with Crippen LogP contribution in [0.25, 0.3) is 22.2 Å². The number of para-hydroxylation sites is 1. The second kappa shape index (κ2) is 6.81. The van der Waals surface area contributed by atoms with Crippen molar-refractivity contribution in [2.75, 3.05) is 0 Å². The van der Waals surface area contributed by atoms with E-state index in [0.717, 1.165) is 34.6 Å². The minimum atomic E-state index is 0.110. The molecule has 0 radical (unpaired) electrons. The molecule has 1 amide bonds. The number of carbonyl (C=O) groups is 1. The molecule has 1 fully saturated rings. The van der Waals surface area contributed by atoms with Gasteiger partial charge >= 0.3 is 0 Å². The number of hydrogen-bond acceptors (Lipinski definition) is 1. The molecule has 1 aliphatic rings. The number of halogens is 1. The Hall–Kier alpha value is -2.26. The second-order valence-corrected chi connectivity index (χ2v) is 7.52. The second-order valence-electron chi connectivity index (χ2n) is 7.08. The number of rotatable bonds is 4. The van der Waals surface area contributed by atoms with E-state index in [2.05, 4.69) is 41.9 Å². The van der Waals surface area contributed by atoms with Crippen molar-refractivity contribution in [3.8, 4) is 11.3 Å². The normalized spacial score (nSPS) is 18.7. The van der Waals surface area contributed by atoms with E-state index in [9.17, 15) is 4.79 Å². The molecule has 0 spiro atoms. The maximum atomic E-state index is 12.6. The molecule has 4 heteroatoms. The topological polar surface area (TPSA) is 36.1 Å². The summed E-state index contributed by atoms with van der Waals surface area (Å²) in [6, 6.07) is 16.6. The summed E-state index contributed by atoms with van der Waals surface area (Å²) in [6.07, 6.45) is 2.45. The molecule has 4 rings (SSSR count). The van der Waals surface area contributed by atoms with E-state index < -0.39 is 0 Å². The van der Waals surface area contributed by atoms with Gasteiger partial charge in [0.25, 0.3) is 0 Å². The Labute approximate surface area is 159 Å². The van der Waals surface area contributed by atoms with Gasteiger partial charge in [0.05, 0.1) is 11.7 Å². The van der Waals surface area contributed by atoms with Crippen LogP contribution in [0.15, 0.2) is 48.5 Å². The molecule has 2 heterocycles. The zero-order valence-corrected chi connectivity index (χ0v) is 15.9. The molecule has 3 nitrogen and oxygen atoms in total. The quantitative estimate of drug-likeness (QED) is 0.608. The SMILES string of the molecule is CCC(C)N1C(=O)CCC1c1c(-c2ccc(Cl)cc2)[nH]c2ccccc12. The smallest absolute Gasteiger partial charge is 0.223 e. The van der Waals surface area contributed by atoms with Crippen LogP contribution in [0.4, 0.5) is 0 Å². The number of aromatic nitrogens is 1. The standard InChI is InChI=1S/C22H23ClN2O/c1-3-14(2)25-19(12-13-20(25)26)21-17-6-4-5-7-18(17)24-22(21)15-8-10-16(23)11-9-15/h4-11,14,19,24H,3,12-13H2,1-2H3. The van der Waals surface area contributed by atoms with Gasteiger partial charge in [-0.1, -0.05) is 48.9 Å². The lowest BCUT2D eigenvalue weighted by molar-refractivity contribution is -0.131. The Morgan fingerprint density at radius 3 is 2.65 bits per heavy atom. The first kappa shape index (κ1) is 17.2. The van der Waals surface area contributed by atoms with Gasteiger partial charge < -0.3 is 9.88 Å². The van der Waals surface area contributed by atoms with Gasteiger partial charge in [-0.15, -0.1) is 0 Å². The van der Waals surface area contributed by atoms with E-state index in [1.54, 1.807) is 0 Å². The van der Waals surface area contributed by atoms with Gasteiger partial charge in [-0.2, -0.15) is 0 Å². The predicted molar refractivity (Wildman–Crippen MR) is 107 cm³/mol. The molecule has 0 saturated carbocycles. The third-order valence-corrected chi connectivity index (χ3v) is 5.79. The maximum absolute atomic E-state index is 12.6. The lowest BCUT2D eigenvalue weighted by atomic mass is 9.96. The molecule has 26 heavy (non-hydrogen) atoms. The molecule has 134 valence electrons. The number of nitrogens with one attached hydrogen (secondary N) is 1. The van der Waals surface area contributed by atoms with Crippen LogP contribution in [0, 0.1) is 0 Å². The van der Waals surface area contributed by atoms with Gasteiger partial charge in [-0.25, -0.2) is 0 Å². The van der Waals surface area contributed by atoms with E-state index >= 15 is 0 Å². The fraction of sp³-hybridized carbons (Fsp3) is 0.318. The molecule has 1 aromatic heterocycles. The first-order valence-electron chi connectivity index (χ1n) is 9.28. The van der Waals surface area contributed by atoms with Gasteiger partial charge in [-0.05, 0) is 43.5 Å². The lowest BCUT2D eigenvalue weighted by Gasteiger charge is -2.31. The number of carbonyl (C=O) groups excluding carboxylic acids is 1. The summed E-state index contributed by atoms with van der Waals surface area (Å²) >= 11 is 6.08. The average Bonchev–Trinajstić information content (AvgIpc) is 3.22. The van der Waals surface area contributed by atoms with Crippen molar-refractivity contribution in [2.45, 2.75) is 45.2 Å². The van der Waals surface area contributed by atoms with E-state index in [4.69, 9.17) is 11.6 Å². The summed E-state index contributed by atoms with van der Waals surface area (Å²) < 4.78 is 0. The number of amides is 1. The summed E-state index contributed by atoms with van der Waals surface area (Å²) in [7, 11) is 0. The number of likely N-dealkylation sites (tertiary alicyclic amines) is 1. The Balaban J connectivity index is 1.92. The summed E-state index contributed by atoms with van der Waals surface area (Å²) in [5.74, 6) is 0.261. The monoisotopic (exact) mass is 366 g/mol. The third kappa shape index (κ3) is 2.80. The van der Waals surface area contributed by atoms with E-state index in [1.165, 1.54) is 10.9 Å². The number of benzene rings is 2. The van der Waals surface area contributed by atoms with Crippen LogP contribution in [0.3, 0.4) is 0 Å². The fourth-order valence-corrected chi connectivity index (χ4v) is 4.22. The molecule has 1 N–H and O–H groups in total. The van der Waals surface area contributed by atoms with Crippen LogP contribution in [-0.2, 0) is 4.79 Å². The van der Waals surface area contributed by atoms with Crippen LogP contribution >= 0.6 is 11.6 Å². The molecule has 1 aliphatic heterocycles. The summed E-state index contributed by atoms with van der Waals surface area (Å²) in [5, 5.41) is 1.93. The zero-order chi connectivity index (χ0) is 18.3. The van der Waals surface area contributed by atoms with Gasteiger partial charge in [0.15, 0.2) is 0 Å². The molecule has 0 bridgehead atoms. The summed E-state index contributed by atoms with van der Waals surface area (Å²) in [4.78, 5) is 18.3. The first-order valence-corrected chi connectivity index (χ1v) is 9.65. The molecule has 0 aliphatic carbocycles. The van der Waals surface area contributed by atoms with Crippen molar-refractivity contribution in [1.82, 2.24) is 9.88 Å². The Kier molecular flexibility index (Phi) is 4.49. The van der Waals surface area contributed by atoms with Gasteiger partial charge in [0.2, 0.25) is 5.91 Å². The number of nitrogens with zero attached hydrogens (tertiary/aromatic N) is 1. The van der Waals surface area contributed by atoms with Crippen LogP contribution in [0.5, 0.6) is 0 Å². The van der Waals surface area contributed by atoms with Crippen molar-refractivity contribution in [3.63, 3.8) is 0 Å². The maximum Gasteiger partial charge on any atom is 0.223 e. The average molecular weight is 367 g/mol. The highest BCUT2D eigenvalue weighted by Gasteiger charge is 2.37. The van der Waals surface area contributed by atoms with E-state index in [-0.39, 0.29) is 18.0 Å². The Bertz CT molecular complexity index is 944. The van der Waals surface area contributed by atoms with Crippen LogP contribution < -0.4 is 0 Å². The molecular weight excluding hydrogens is 344 g/mol. The van der Waals surface area contributed by atoms with Crippen LogP contribution in [0.2, 0.25) is 5.02 Å². The van der Waals surface area contributed by atoms with Gasteiger partial charge in [-0.3, -0.25) is 4.79 Å². The molecule has 2 aromatic carbocycles. The number of hydrogen-bond donors (Lipinski definition) is 1.